The Balaban J connectivity index is 1.48. The number of aromatic nitrogens is 2. The monoisotopic (exact) mass is 397 g/mol. The summed E-state index contributed by atoms with van der Waals surface area (Å²) in [6.45, 7) is 5.32. The van der Waals surface area contributed by atoms with Crippen molar-refractivity contribution in [3.05, 3.63) is 30.1 Å². The van der Waals surface area contributed by atoms with Crippen molar-refractivity contribution < 1.29 is 4.79 Å². The van der Waals surface area contributed by atoms with Gasteiger partial charge in [0.1, 0.15) is 5.82 Å². The third-order valence-corrected chi connectivity index (χ3v) is 6.11. The second-order valence-corrected chi connectivity index (χ2v) is 8.80. The molecule has 0 spiro atoms. The fourth-order valence-corrected chi connectivity index (χ4v) is 4.16. The number of rotatable bonds is 14. The standard InChI is InChI=1S/C25H39N3O/c1-3-4-5-6-7-8-9-10-11-14-19-28-23-16-13-12-15-22(23)27-24(28)20(2)26-25(29)21-17-18-21/h12-13,15-16,20-21H,3-11,14,17-19H2,1-2H3,(H,26,29). The van der Waals surface area contributed by atoms with E-state index in [1.165, 1.54) is 69.7 Å². The van der Waals surface area contributed by atoms with Crippen molar-refractivity contribution >= 4 is 16.9 Å². The SMILES string of the molecule is CCCCCCCCCCCCn1c(C(C)NC(=O)C2CC2)nc2ccccc21. The molecule has 0 saturated heterocycles. The predicted molar refractivity (Wildman–Crippen MR) is 121 cm³/mol. The molecule has 160 valence electrons. The predicted octanol–water partition coefficient (Wildman–Crippen LogP) is 6.54. The minimum Gasteiger partial charge on any atom is -0.346 e. The lowest BCUT2D eigenvalue weighted by molar-refractivity contribution is -0.123. The summed E-state index contributed by atoms with van der Waals surface area (Å²) in [6, 6.07) is 8.30. The van der Waals surface area contributed by atoms with Gasteiger partial charge in [-0.3, -0.25) is 4.79 Å². The molecule has 1 amide bonds. The highest BCUT2D eigenvalue weighted by molar-refractivity contribution is 5.81. The molecule has 2 aromatic rings. The van der Waals surface area contributed by atoms with Gasteiger partial charge in [-0.15, -0.1) is 0 Å². The Labute approximate surface area is 176 Å². The van der Waals surface area contributed by atoms with Crippen LogP contribution in [0.3, 0.4) is 0 Å². The molecule has 0 radical (unpaired) electrons. The van der Waals surface area contributed by atoms with Crippen LogP contribution in [0.15, 0.2) is 24.3 Å². The van der Waals surface area contributed by atoms with Crippen LogP contribution in [0.5, 0.6) is 0 Å². The molecular formula is C25H39N3O. The zero-order valence-electron chi connectivity index (χ0n) is 18.5. The Morgan fingerprint density at radius 3 is 2.31 bits per heavy atom. The van der Waals surface area contributed by atoms with Crippen LogP contribution in [0, 0.1) is 5.92 Å². The number of para-hydroxylation sites is 2. The lowest BCUT2D eigenvalue weighted by Crippen LogP contribution is -2.29. The van der Waals surface area contributed by atoms with E-state index in [0.717, 1.165) is 30.7 Å². The second-order valence-electron chi connectivity index (χ2n) is 8.80. The number of amides is 1. The number of nitrogens with zero attached hydrogens (tertiary/aromatic N) is 2. The molecule has 1 saturated carbocycles. The van der Waals surface area contributed by atoms with E-state index in [2.05, 4.69) is 41.9 Å². The summed E-state index contributed by atoms with van der Waals surface area (Å²) >= 11 is 0. The molecular weight excluding hydrogens is 358 g/mol. The molecule has 1 heterocycles. The average Bonchev–Trinajstić information content (AvgIpc) is 3.51. The topological polar surface area (TPSA) is 46.9 Å². The molecule has 1 fully saturated rings. The van der Waals surface area contributed by atoms with E-state index in [0.29, 0.717) is 0 Å². The van der Waals surface area contributed by atoms with Crippen LogP contribution in [-0.4, -0.2) is 15.5 Å². The summed E-state index contributed by atoms with van der Waals surface area (Å²) in [4.78, 5) is 17.1. The van der Waals surface area contributed by atoms with Crippen molar-refractivity contribution in [1.82, 2.24) is 14.9 Å². The second kappa shape index (κ2) is 11.4. The van der Waals surface area contributed by atoms with Crippen molar-refractivity contribution in [1.29, 1.82) is 0 Å². The van der Waals surface area contributed by atoms with Gasteiger partial charge in [-0.25, -0.2) is 4.98 Å². The van der Waals surface area contributed by atoms with Crippen molar-refractivity contribution in [2.24, 2.45) is 5.92 Å². The summed E-state index contributed by atoms with van der Waals surface area (Å²) < 4.78 is 2.33. The molecule has 1 aliphatic rings. The first-order valence-corrected chi connectivity index (χ1v) is 12.0. The van der Waals surface area contributed by atoms with Gasteiger partial charge in [0, 0.05) is 12.5 Å². The average molecular weight is 398 g/mol. The highest BCUT2D eigenvalue weighted by Crippen LogP contribution is 2.30. The molecule has 1 N–H and O–H groups in total. The zero-order chi connectivity index (χ0) is 20.5. The molecule has 1 aliphatic carbocycles. The summed E-state index contributed by atoms with van der Waals surface area (Å²) in [7, 11) is 0. The van der Waals surface area contributed by atoms with Crippen LogP contribution >= 0.6 is 0 Å². The molecule has 1 atom stereocenters. The summed E-state index contributed by atoms with van der Waals surface area (Å²) in [5, 5.41) is 3.18. The van der Waals surface area contributed by atoms with Crippen molar-refractivity contribution in [2.75, 3.05) is 0 Å². The van der Waals surface area contributed by atoms with Crippen LogP contribution in [-0.2, 0) is 11.3 Å². The number of fused-ring (bicyclic) bond motifs is 1. The van der Waals surface area contributed by atoms with Crippen LogP contribution < -0.4 is 5.32 Å². The van der Waals surface area contributed by atoms with E-state index in [9.17, 15) is 4.79 Å². The maximum absolute atomic E-state index is 12.2. The quantitative estimate of drug-likeness (QED) is 0.368. The number of hydrogen-bond donors (Lipinski definition) is 1. The van der Waals surface area contributed by atoms with E-state index in [1.54, 1.807) is 0 Å². The Morgan fingerprint density at radius 1 is 1.03 bits per heavy atom. The number of carbonyl (C=O) groups is 1. The van der Waals surface area contributed by atoms with Gasteiger partial charge in [-0.05, 0) is 38.3 Å². The zero-order valence-corrected chi connectivity index (χ0v) is 18.5. The molecule has 4 nitrogen and oxygen atoms in total. The number of aryl methyl sites for hydroxylation is 1. The van der Waals surface area contributed by atoms with Crippen molar-refractivity contribution in [2.45, 2.75) is 103 Å². The van der Waals surface area contributed by atoms with Gasteiger partial charge in [0.05, 0.1) is 17.1 Å². The Kier molecular flexibility index (Phi) is 8.57. The van der Waals surface area contributed by atoms with E-state index in [4.69, 9.17) is 4.98 Å². The van der Waals surface area contributed by atoms with Crippen LogP contribution in [0.1, 0.15) is 103 Å². The molecule has 3 rings (SSSR count). The largest absolute Gasteiger partial charge is 0.346 e. The number of benzene rings is 1. The number of nitrogens with one attached hydrogen (secondary N) is 1. The van der Waals surface area contributed by atoms with E-state index in [1.807, 2.05) is 6.07 Å². The van der Waals surface area contributed by atoms with Gasteiger partial charge < -0.3 is 9.88 Å². The molecule has 4 heteroatoms. The lowest BCUT2D eigenvalue weighted by Gasteiger charge is -2.16. The van der Waals surface area contributed by atoms with Gasteiger partial charge in [-0.1, -0.05) is 76.8 Å². The van der Waals surface area contributed by atoms with Gasteiger partial charge in [0.2, 0.25) is 5.91 Å². The van der Waals surface area contributed by atoms with Crippen molar-refractivity contribution in [3.63, 3.8) is 0 Å². The highest BCUT2D eigenvalue weighted by Gasteiger charge is 2.31. The van der Waals surface area contributed by atoms with Gasteiger partial charge >= 0.3 is 0 Å². The van der Waals surface area contributed by atoms with E-state index < -0.39 is 0 Å². The maximum Gasteiger partial charge on any atom is 0.223 e. The highest BCUT2D eigenvalue weighted by atomic mass is 16.2. The molecule has 1 unspecified atom stereocenters. The molecule has 1 aromatic carbocycles. The first-order valence-electron chi connectivity index (χ1n) is 12.0. The molecule has 0 bridgehead atoms. The van der Waals surface area contributed by atoms with Gasteiger partial charge in [-0.2, -0.15) is 0 Å². The Hall–Kier alpha value is -1.84. The third-order valence-electron chi connectivity index (χ3n) is 6.11. The molecule has 1 aromatic heterocycles. The number of carbonyl (C=O) groups excluding carboxylic acids is 1. The summed E-state index contributed by atoms with van der Waals surface area (Å²) in [6.07, 6.45) is 15.5. The van der Waals surface area contributed by atoms with Gasteiger partial charge in [0.15, 0.2) is 0 Å². The molecule has 0 aliphatic heterocycles. The minimum atomic E-state index is -0.0429. The Bertz CT molecular complexity index is 763. The van der Waals surface area contributed by atoms with E-state index >= 15 is 0 Å². The van der Waals surface area contributed by atoms with Crippen LogP contribution in [0.2, 0.25) is 0 Å². The number of hydrogen-bond acceptors (Lipinski definition) is 2. The third kappa shape index (κ3) is 6.58. The smallest absolute Gasteiger partial charge is 0.223 e. The lowest BCUT2D eigenvalue weighted by atomic mass is 10.1. The fraction of sp³-hybridized carbons (Fsp3) is 0.680. The molecule has 29 heavy (non-hydrogen) atoms. The minimum absolute atomic E-state index is 0.0429. The number of unbranched alkanes of at least 4 members (excludes halogenated alkanes) is 9. The fourth-order valence-electron chi connectivity index (χ4n) is 4.16. The normalized spacial score (nSPS) is 15.0. The first-order chi connectivity index (χ1) is 14.2. The van der Waals surface area contributed by atoms with Crippen LogP contribution in [0.25, 0.3) is 11.0 Å². The van der Waals surface area contributed by atoms with E-state index in [-0.39, 0.29) is 17.9 Å². The van der Waals surface area contributed by atoms with Gasteiger partial charge in [0.25, 0.3) is 0 Å². The Morgan fingerprint density at radius 2 is 1.66 bits per heavy atom. The van der Waals surface area contributed by atoms with Crippen LogP contribution in [0.4, 0.5) is 0 Å². The maximum atomic E-state index is 12.2. The summed E-state index contributed by atoms with van der Waals surface area (Å²) in [5.74, 6) is 1.42. The summed E-state index contributed by atoms with van der Waals surface area (Å²) in [5.41, 5.74) is 2.22. The first kappa shape index (κ1) is 21.9. The number of imidazole rings is 1. The van der Waals surface area contributed by atoms with Crippen molar-refractivity contribution in [3.8, 4) is 0 Å².